The van der Waals surface area contributed by atoms with E-state index in [0.29, 0.717) is 17.8 Å². The lowest BCUT2D eigenvalue weighted by molar-refractivity contribution is -0.137. The fraction of sp³-hybridized carbons (Fsp3) is 0.200. The molecule has 0 aliphatic heterocycles. The van der Waals surface area contributed by atoms with E-state index in [1.165, 1.54) is 24.3 Å². The Morgan fingerprint density at radius 3 is 2.25 bits per heavy atom. The summed E-state index contributed by atoms with van der Waals surface area (Å²) in [5.74, 6) is -0.356. The highest BCUT2D eigenvalue weighted by Gasteiger charge is 2.29. The van der Waals surface area contributed by atoms with E-state index in [4.69, 9.17) is 0 Å². The average Bonchev–Trinajstić information content (AvgIpc) is 2.39. The van der Waals surface area contributed by atoms with Gasteiger partial charge < -0.3 is 5.32 Å². The topological polar surface area (TPSA) is 12.0 Å². The number of halogens is 4. The fourth-order valence-corrected chi connectivity index (χ4v) is 1.79. The number of nitrogens with one attached hydrogen (secondary N) is 1. The van der Waals surface area contributed by atoms with Crippen molar-refractivity contribution >= 4 is 5.69 Å². The third-order valence-corrected chi connectivity index (χ3v) is 2.96. The van der Waals surface area contributed by atoms with Gasteiger partial charge in [0, 0.05) is 12.2 Å². The van der Waals surface area contributed by atoms with Crippen LogP contribution in [0.1, 0.15) is 16.7 Å². The molecule has 0 saturated heterocycles. The maximum Gasteiger partial charge on any atom is 0.416 e. The lowest BCUT2D eigenvalue weighted by Crippen LogP contribution is -2.06. The first-order chi connectivity index (χ1) is 9.36. The predicted molar refractivity (Wildman–Crippen MR) is 69.9 cm³/mol. The van der Waals surface area contributed by atoms with Gasteiger partial charge in [-0.05, 0) is 42.3 Å². The molecule has 1 nitrogen and oxygen atoms in total. The molecule has 2 aromatic carbocycles. The van der Waals surface area contributed by atoms with Crippen molar-refractivity contribution < 1.29 is 17.6 Å². The zero-order valence-electron chi connectivity index (χ0n) is 10.8. The fourth-order valence-electron chi connectivity index (χ4n) is 1.79. The van der Waals surface area contributed by atoms with Crippen molar-refractivity contribution in [2.75, 3.05) is 5.32 Å². The van der Waals surface area contributed by atoms with Gasteiger partial charge in [0.15, 0.2) is 0 Å². The first kappa shape index (κ1) is 14.4. The normalized spacial score (nSPS) is 11.4. The van der Waals surface area contributed by atoms with E-state index in [1.807, 2.05) is 6.92 Å². The third kappa shape index (κ3) is 3.50. The molecule has 0 unspecified atom stereocenters. The van der Waals surface area contributed by atoms with E-state index in [-0.39, 0.29) is 5.82 Å². The minimum atomic E-state index is -4.33. The summed E-state index contributed by atoms with van der Waals surface area (Å²) in [5.41, 5.74) is 1.52. The van der Waals surface area contributed by atoms with Gasteiger partial charge in [-0.2, -0.15) is 13.2 Å². The summed E-state index contributed by atoms with van der Waals surface area (Å²) in [5, 5.41) is 3.01. The zero-order valence-corrected chi connectivity index (χ0v) is 10.8. The lowest BCUT2D eigenvalue weighted by atomic mass is 10.1. The number of aryl methyl sites for hydroxylation is 1. The van der Waals surface area contributed by atoms with Crippen molar-refractivity contribution in [3.63, 3.8) is 0 Å². The molecule has 106 valence electrons. The molecular formula is C15H13F4N. The third-order valence-electron chi connectivity index (χ3n) is 2.96. The van der Waals surface area contributed by atoms with Crippen molar-refractivity contribution in [2.45, 2.75) is 19.6 Å². The minimum absolute atomic E-state index is 0.336. The van der Waals surface area contributed by atoms with Gasteiger partial charge in [-0.3, -0.25) is 0 Å². The van der Waals surface area contributed by atoms with Gasteiger partial charge in [0.2, 0.25) is 0 Å². The highest BCUT2D eigenvalue weighted by molar-refractivity contribution is 5.51. The Hall–Kier alpha value is -2.04. The van der Waals surface area contributed by atoms with Crippen LogP contribution in [-0.2, 0) is 12.7 Å². The van der Waals surface area contributed by atoms with Crippen LogP contribution < -0.4 is 5.32 Å². The average molecular weight is 283 g/mol. The van der Waals surface area contributed by atoms with E-state index in [9.17, 15) is 17.6 Å². The molecule has 0 radical (unpaired) electrons. The first-order valence-corrected chi connectivity index (χ1v) is 6.02. The summed E-state index contributed by atoms with van der Waals surface area (Å²) >= 11 is 0. The Labute approximate surface area is 114 Å². The van der Waals surface area contributed by atoms with Gasteiger partial charge >= 0.3 is 6.18 Å². The van der Waals surface area contributed by atoms with Gasteiger partial charge in [-0.25, -0.2) is 4.39 Å². The van der Waals surface area contributed by atoms with Crippen LogP contribution >= 0.6 is 0 Å². The zero-order chi connectivity index (χ0) is 14.8. The number of anilines is 1. The van der Waals surface area contributed by atoms with Crippen LogP contribution in [0.25, 0.3) is 0 Å². The molecule has 1 N–H and O–H groups in total. The van der Waals surface area contributed by atoms with Crippen molar-refractivity contribution in [1.82, 2.24) is 0 Å². The Morgan fingerprint density at radius 2 is 1.65 bits per heavy atom. The SMILES string of the molecule is Cc1ccc(F)cc1NCc1ccc(C(F)(F)F)cc1. The molecule has 5 heteroatoms. The molecule has 0 aromatic heterocycles. The molecule has 0 spiro atoms. The minimum Gasteiger partial charge on any atom is -0.381 e. The molecule has 0 aliphatic rings. The Morgan fingerprint density at radius 1 is 1.00 bits per heavy atom. The van der Waals surface area contributed by atoms with Crippen molar-refractivity contribution in [3.8, 4) is 0 Å². The van der Waals surface area contributed by atoms with Crippen LogP contribution in [0.5, 0.6) is 0 Å². The maximum absolute atomic E-state index is 13.1. The summed E-state index contributed by atoms with van der Waals surface area (Å²) in [6.45, 7) is 2.16. The Kier molecular flexibility index (Phi) is 3.97. The van der Waals surface area contributed by atoms with E-state index < -0.39 is 11.7 Å². The van der Waals surface area contributed by atoms with Gasteiger partial charge in [-0.1, -0.05) is 18.2 Å². The van der Waals surface area contributed by atoms with Crippen LogP contribution in [0.3, 0.4) is 0 Å². The largest absolute Gasteiger partial charge is 0.416 e. The second kappa shape index (κ2) is 5.53. The van der Waals surface area contributed by atoms with E-state index in [0.717, 1.165) is 17.7 Å². The maximum atomic E-state index is 13.1. The Bertz CT molecular complexity index is 588. The molecule has 0 atom stereocenters. The number of hydrogen-bond acceptors (Lipinski definition) is 1. The monoisotopic (exact) mass is 283 g/mol. The standard InChI is InChI=1S/C15H13F4N/c1-10-2-7-13(16)8-14(10)20-9-11-3-5-12(6-4-11)15(17,18)19/h2-8,20H,9H2,1H3. The highest BCUT2D eigenvalue weighted by Crippen LogP contribution is 2.29. The molecule has 0 amide bonds. The number of hydrogen-bond donors (Lipinski definition) is 1. The molecule has 20 heavy (non-hydrogen) atoms. The van der Waals surface area contributed by atoms with E-state index in [2.05, 4.69) is 5.32 Å². The predicted octanol–water partition coefficient (Wildman–Crippen LogP) is 4.77. The molecule has 0 saturated carbocycles. The second-order valence-electron chi connectivity index (χ2n) is 4.51. The molecule has 2 rings (SSSR count). The van der Waals surface area contributed by atoms with Gasteiger partial charge in [0.05, 0.1) is 5.56 Å². The number of benzene rings is 2. The quantitative estimate of drug-likeness (QED) is 0.800. The van der Waals surface area contributed by atoms with Crippen LogP contribution in [0, 0.1) is 12.7 Å². The molecule has 0 fully saturated rings. The molecule has 0 heterocycles. The van der Waals surface area contributed by atoms with Gasteiger partial charge in [0.25, 0.3) is 0 Å². The number of alkyl halides is 3. The lowest BCUT2D eigenvalue weighted by Gasteiger charge is -2.11. The van der Waals surface area contributed by atoms with Gasteiger partial charge in [0.1, 0.15) is 5.82 Å². The first-order valence-electron chi connectivity index (χ1n) is 6.02. The van der Waals surface area contributed by atoms with Crippen LogP contribution in [0.4, 0.5) is 23.2 Å². The Balaban J connectivity index is 2.06. The van der Waals surface area contributed by atoms with Crippen LogP contribution in [0.15, 0.2) is 42.5 Å². The summed E-state index contributed by atoms with van der Waals surface area (Å²) in [7, 11) is 0. The van der Waals surface area contributed by atoms with Gasteiger partial charge in [-0.15, -0.1) is 0 Å². The van der Waals surface area contributed by atoms with Crippen LogP contribution in [0.2, 0.25) is 0 Å². The summed E-state index contributed by atoms with van der Waals surface area (Å²) in [6.07, 6.45) is -4.33. The summed E-state index contributed by atoms with van der Waals surface area (Å²) in [6, 6.07) is 9.25. The van der Waals surface area contributed by atoms with Crippen LogP contribution in [-0.4, -0.2) is 0 Å². The number of rotatable bonds is 3. The molecular weight excluding hydrogens is 270 g/mol. The summed E-state index contributed by atoms with van der Waals surface area (Å²) < 4.78 is 50.3. The molecule has 2 aromatic rings. The van der Waals surface area contributed by atoms with Crippen molar-refractivity contribution in [3.05, 3.63) is 65.0 Å². The smallest absolute Gasteiger partial charge is 0.381 e. The highest BCUT2D eigenvalue weighted by atomic mass is 19.4. The second-order valence-corrected chi connectivity index (χ2v) is 4.51. The van der Waals surface area contributed by atoms with Crippen molar-refractivity contribution in [1.29, 1.82) is 0 Å². The molecule has 0 bridgehead atoms. The van der Waals surface area contributed by atoms with Crippen molar-refractivity contribution in [2.24, 2.45) is 0 Å². The summed E-state index contributed by atoms with van der Waals surface area (Å²) in [4.78, 5) is 0. The van der Waals surface area contributed by atoms with E-state index in [1.54, 1.807) is 6.07 Å². The van der Waals surface area contributed by atoms with E-state index >= 15 is 0 Å². The molecule has 0 aliphatic carbocycles.